The van der Waals surface area contributed by atoms with Crippen LogP contribution in [0.4, 0.5) is 0 Å². The van der Waals surface area contributed by atoms with Gasteiger partial charge in [0.1, 0.15) is 0 Å². The van der Waals surface area contributed by atoms with E-state index in [2.05, 4.69) is 12.2 Å². The van der Waals surface area contributed by atoms with E-state index in [-0.39, 0.29) is 5.91 Å². The minimum atomic E-state index is -0.844. The molecule has 0 bridgehead atoms. The Morgan fingerprint density at radius 2 is 1.80 bits per heavy atom. The minimum Gasteiger partial charge on any atom is -0.481 e. The zero-order chi connectivity index (χ0) is 15.2. The number of carbonyl (C=O) groups excluding carboxylic acids is 1. The number of hydrogen-bond donors (Lipinski definition) is 2. The van der Waals surface area contributed by atoms with Gasteiger partial charge in [-0.2, -0.15) is 0 Å². The zero-order valence-corrected chi connectivity index (χ0v) is 12.4. The van der Waals surface area contributed by atoms with Crippen molar-refractivity contribution in [3.05, 3.63) is 35.4 Å². The van der Waals surface area contributed by atoms with Crippen molar-refractivity contribution in [2.75, 3.05) is 6.54 Å². The number of carboxylic acid groups (broad SMARTS) is 1. The number of rotatable bonds is 7. The normalized spacial score (nSPS) is 11.2. The number of benzene rings is 1. The molecule has 0 aliphatic heterocycles. The van der Waals surface area contributed by atoms with E-state index >= 15 is 0 Å². The highest BCUT2D eigenvalue weighted by Crippen LogP contribution is 2.19. The van der Waals surface area contributed by atoms with E-state index in [0.717, 1.165) is 12.0 Å². The van der Waals surface area contributed by atoms with Crippen LogP contribution in [0.15, 0.2) is 24.3 Å². The van der Waals surface area contributed by atoms with Crippen LogP contribution in [0.5, 0.6) is 0 Å². The maximum atomic E-state index is 11.9. The molecule has 110 valence electrons. The summed E-state index contributed by atoms with van der Waals surface area (Å²) in [4.78, 5) is 22.8. The highest BCUT2D eigenvalue weighted by atomic mass is 16.4. The summed E-state index contributed by atoms with van der Waals surface area (Å²) in [6, 6.07) is 7.88. The highest BCUT2D eigenvalue weighted by molar-refractivity contribution is 5.79. The fourth-order valence-corrected chi connectivity index (χ4v) is 1.93. The molecule has 1 aromatic carbocycles. The number of amides is 1. The molecule has 0 aliphatic carbocycles. The van der Waals surface area contributed by atoms with Crippen LogP contribution in [0.1, 0.15) is 38.3 Å². The van der Waals surface area contributed by atoms with Gasteiger partial charge >= 0.3 is 5.97 Å². The number of carboxylic acids is 1. The Kier molecular flexibility index (Phi) is 5.74. The van der Waals surface area contributed by atoms with Gasteiger partial charge in [-0.3, -0.25) is 9.59 Å². The quantitative estimate of drug-likeness (QED) is 0.804. The molecule has 0 saturated carbocycles. The molecule has 1 rings (SSSR count). The van der Waals surface area contributed by atoms with Gasteiger partial charge < -0.3 is 10.4 Å². The van der Waals surface area contributed by atoms with Gasteiger partial charge in [-0.1, -0.05) is 31.2 Å². The molecule has 20 heavy (non-hydrogen) atoms. The van der Waals surface area contributed by atoms with Crippen molar-refractivity contribution in [2.24, 2.45) is 5.41 Å². The Hall–Kier alpha value is -1.84. The lowest BCUT2D eigenvalue weighted by Gasteiger charge is -2.19. The maximum absolute atomic E-state index is 11.9. The van der Waals surface area contributed by atoms with Crippen molar-refractivity contribution in [3.63, 3.8) is 0 Å². The Balaban J connectivity index is 2.47. The topological polar surface area (TPSA) is 66.4 Å². The van der Waals surface area contributed by atoms with Crippen molar-refractivity contribution < 1.29 is 14.7 Å². The third-order valence-corrected chi connectivity index (χ3v) is 3.50. The molecule has 1 aromatic rings. The predicted molar refractivity (Wildman–Crippen MR) is 78.6 cm³/mol. The molecule has 2 N–H and O–H groups in total. The molecule has 0 aliphatic rings. The highest BCUT2D eigenvalue weighted by Gasteiger charge is 2.26. The van der Waals surface area contributed by atoms with E-state index in [0.29, 0.717) is 19.4 Å². The Morgan fingerprint density at radius 1 is 1.20 bits per heavy atom. The first-order chi connectivity index (χ1) is 9.36. The van der Waals surface area contributed by atoms with Crippen LogP contribution in [-0.2, 0) is 22.4 Å². The van der Waals surface area contributed by atoms with E-state index in [1.54, 1.807) is 13.8 Å². The summed E-state index contributed by atoms with van der Waals surface area (Å²) in [5.74, 6) is -0.907. The number of nitrogens with one attached hydrogen (secondary N) is 1. The van der Waals surface area contributed by atoms with Crippen LogP contribution in [0.3, 0.4) is 0 Å². The second kappa shape index (κ2) is 7.08. The van der Waals surface area contributed by atoms with Crippen molar-refractivity contribution in [1.29, 1.82) is 0 Å². The lowest BCUT2D eigenvalue weighted by molar-refractivity contribution is -0.147. The molecule has 0 radical (unpaired) electrons. The van der Waals surface area contributed by atoms with Gasteiger partial charge in [0, 0.05) is 6.54 Å². The summed E-state index contributed by atoms with van der Waals surface area (Å²) in [6.45, 7) is 5.76. The Morgan fingerprint density at radius 3 is 2.35 bits per heavy atom. The van der Waals surface area contributed by atoms with E-state index in [1.165, 1.54) is 5.56 Å². The molecular weight excluding hydrogens is 254 g/mol. The van der Waals surface area contributed by atoms with E-state index in [9.17, 15) is 9.59 Å². The monoisotopic (exact) mass is 277 g/mol. The minimum absolute atomic E-state index is 0.0629. The van der Waals surface area contributed by atoms with Crippen molar-refractivity contribution >= 4 is 11.9 Å². The number of aryl methyl sites for hydroxylation is 1. The standard InChI is InChI=1S/C16H23NO3/c1-4-12-7-5-6-8-13(12)11-14(18)17-10-9-16(2,3)15(19)20/h5-8H,4,9-11H2,1-3H3,(H,17,18)(H,19,20). The van der Waals surface area contributed by atoms with E-state index < -0.39 is 11.4 Å². The van der Waals surface area contributed by atoms with Gasteiger partial charge in [-0.05, 0) is 37.8 Å². The van der Waals surface area contributed by atoms with Crippen LogP contribution >= 0.6 is 0 Å². The summed E-state index contributed by atoms with van der Waals surface area (Å²) in [7, 11) is 0. The van der Waals surface area contributed by atoms with Gasteiger partial charge in [-0.25, -0.2) is 0 Å². The molecule has 0 fully saturated rings. The first-order valence-corrected chi connectivity index (χ1v) is 6.93. The number of carbonyl (C=O) groups is 2. The lowest BCUT2D eigenvalue weighted by Crippen LogP contribution is -2.32. The Labute approximate surface area is 120 Å². The first kappa shape index (κ1) is 16.2. The molecule has 0 aromatic heterocycles. The summed E-state index contributed by atoms with van der Waals surface area (Å²) < 4.78 is 0. The third-order valence-electron chi connectivity index (χ3n) is 3.50. The SMILES string of the molecule is CCc1ccccc1CC(=O)NCCC(C)(C)C(=O)O. The van der Waals surface area contributed by atoms with Crippen LogP contribution in [-0.4, -0.2) is 23.5 Å². The van der Waals surface area contributed by atoms with Crippen LogP contribution < -0.4 is 5.32 Å². The average molecular weight is 277 g/mol. The van der Waals surface area contributed by atoms with Gasteiger partial charge in [0.25, 0.3) is 0 Å². The molecule has 0 saturated heterocycles. The number of aliphatic carboxylic acids is 1. The summed E-state index contributed by atoms with van der Waals surface area (Å²) >= 11 is 0. The van der Waals surface area contributed by atoms with E-state index in [1.807, 2.05) is 24.3 Å². The van der Waals surface area contributed by atoms with Gasteiger partial charge in [-0.15, -0.1) is 0 Å². The molecule has 0 heterocycles. The lowest BCUT2D eigenvalue weighted by atomic mass is 9.89. The van der Waals surface area contributed by atoms with Gasteiger partial charge in [0.2, 0.25) is 5.91 Å². The second-order valence-electron chi connectivity index (χ2n) is 5.59. The molecule has 1 amide bonds. The molecule has 0 spiro atoms. The fraction of sp³-hybridized carbons (Fsp3) is 0.500. The maximum Gasteiger partial charge on any atom is 0.309 e. The first-order valence-electron chi connectivity index (χ1n) is 6.93. The molecule has 4 heteroatoms. The Bertz CT molecular complexity index is 480. The third kappa shape index (κ3) is 4.68. The zero-order valence-electron chi connectivity index (χ0n) is 12.4. The summed E-state index contributed by atoms with van der Waals surface area (Å²) in [6.07, 6.45) is 1.66. The molecule has 0 unspecified atom stereocenters. The molecule has 4 nitrogen and oxygen atoms in total. The van der Waals surface area contributed by atoms with Crippen molar-refractivity contribution in [2.45, 2.75) is 40.0 Å². The van der Waals surface area contributed by atoms with E-state index in [4.69, 9.17) is 5.11 Å². The summed E-state index contributed by atoms with van der Waals surface area (Å²) in [5, 5.41) is 11.8. The van der Waals surface area contributed by atoms with Crippen molar-refractivity contribution in [3.8, 4) is 0 Å². The predicted octanol–water partition coefficient (Wildman–Crippen LogP) is 2.41. The van der Waals surface area contributed by atoms with Crippen LogP contribution in [0.25, 0.3) is 0 Å². The summed E-state index contributed by atoms with van der Waals surface area (Å²) in [5.41, 5.74) is 1.40. The van der Waals surface area contributed by atoms with Crippen LogP contribution in [0, 0.1) is 5.41 Å². The average Bonchev–Trinajstić information content (AvgIpc) is 2.39. The van der Waals surface area contributed by atoms with Crippen LogP contribution in [0.2, 0.25) is 0 Å². The fourth-order valence-electron chi connectivity index (χ4n) is 1.93. The molecular formula is C16H23NO3. The van der Waals surface area contributed by atoms with Gasteiger partial charge in [0.15, 0.2) is 0 Å². The largest absolute Gasteiger partial charge is 0.481 e. The van der Waals surface area contributed by atoms with Crippen molar-refractivity contribution in [1.82, 2.24) is 5.32 Å². The number of hydrogen-bond acceptors (Lipinski definition) is 2. The second-order valence-corrected chi connectivity index (χ2v) is 5.59. The molecule has 0 atom stereocenters. The van der Waals surface area contributed by atoms with Gasteiger partial charge in [0.05, 0.1) is 11.8 Å². The smallest absolute Gasteiger partial charge is 0.309 e.